The smallest absolute Gasteiger partial charge is 0.0171 e. The molecule has 1 fully saturated rings. The summed E-state index contributed by atoms with van der Waals surface area (Å²) in [5.41, 5.74) is 1.46. The van der Waals surface area contributed by atoms with Crippen molar-refractivity contribution in [1.29, 1.82) is 0 Å². The average molecular weight is 160 g/mol. The number of hydrogen-bond donors (Lipinski definition) is 1. The molecule has 0 aromatic heterocycles. The highest BCUT2D eigenvalue weighted by molar-refractivity contribution is 6.29. The van der Waals surface area contributed by atoms with E-state index in [1.807, 2.05) is 0 Å². The van der Waals surface area contributed by atoms with Gasteiger partial charge in [-0.2, -0.15) is 0 Å². The monoisotopic (exact) mass is 159 g/mol. The van der Waals surface area contributed by atoms with Crippen molar-refractivity contribution in [3.8, 4) is 0 Å². The summed E-state index contributed by atoms with van der Waals surface area (Å²) in [6, 6.07) is 0. The Morgan fingerprint density at radius 2 is 2.10 bits per heavy atom. The SMILES string of the molecule is CCC(Cl)=C1CCNCC1. The Morgan fingerprint density at radius 1 is 1.50 bits per heavy atom. The second kappa shape index (κ2) is 3.99. The van der Waals surface area contributed by atoms with Crippen LogP contribution in [-0.2, 0) is 0 Å². The highest BCUT2D eigenvalue weighted by Gasteiger charge is 2.07. The first-order chi connectivity index (χ1) is 4.84. The van der Waals surface area contributed by atoms with E-state index in [0.29, 0.717) is 0 Å². The summed E-state index contributed by atoms with van der Waals surface area (Å²) in [5.74, 6) is 0. The van der Waals surface area contributed by atoms with Crippen LogP contribution in [0, 0.1) is 0 Å². The van der Waals surface area contributed by atoms with Gasteiger partial charge in [0.1, 0.15) is 0 Å². The lowest BCUT2D eigenvalue weighted by Gasteiger charge is -2.16. The van der Waals surface area contributed by atoms with E-state index in [-0.39, 0.29) is 0 Å². The van der Waals surface area contributed by atoms with Gasteiger partial charge < -0.3 is 5.32 Å². The zero-order chi connectivity index (χ0) is 7.40. The third-order valence-electron chi connectivity index (χ3n) is 1.90. The lowest BCUT2D eigenvalue weighted by Crippen LogP contribution is -2.23. The highest BCUT2D eigenvalue weighted by atomic mass is 35.5. The van der Waals surface area contributed by atoms with Crippen molar-refractivity contribution in [3.05, 3.63) is 10.6 Å². The molecule has 0 atom stereocenters. The summed E-state index contributed by atoms with van der Waals surface area (Å²) < 4.78 is 0. The first kappa shape index (κ1) is 8.09. The fraction of sp³-hybridized carbons (Fsp3) is 0.750. The van der Waals surface area contributed by atoms with E-state index in [1.165, 1.54) is 5.57 Å². The van der Waals surface area contributed by atoms with Gasteiger partial charge in [-0.15, -0.1) is 0 Å². The van der Waals surface area contributed by atoms with Crippen LogP contribution in [0.3, 0.4) is 0 Å². The Morgan fingerprint density at radius 3 is 2.60 bits per heavy atom. The first-order valence-electron chi connectivity index (χ1n) is 3.91. The molecule has 0 aliphatic carbocycles. The summed E-state index contributed by atoms with van der Waals surface area (Å²) in [5, 5.41) is 4.39. The van der Waals surface area contributed by atoms with E-state index in [4.69, 9.17) is 11.6 Å². The molecule has 0 saturated carbocycles. The van der Waals surface area contributed by atoms with Gasteiger partial charge in [-0.3, -0.25) is 0 Å². The van der Waals surface area contributed by atoms with E-state index in [9.17, 15) is 0 Å². The Kier molecular flexibility index (Phi) is 3.23. The van der Waals surface area contributed by atoms with Crippen LogP contribution < -0.4 is 5.32 Å². The van der Waals surface area contributed by atoms with E-state index < -0.39 is 0 Å². The molecular weight excluding hydrogens is 146 g/mol. The number of nitrogens with one attached hydrogen (secondary N) is 1. The lowest BCUT2D eigenvalue weighted by atomic mass is 10.0. The molecule has 1 heterocycles. The van der Waals surface area contributed by atoms with Gasteiger partial charge in [0, 0.05) is 5.03 Å². The van der Waals surface area contributed by atoms with Gasteiger partial charge in [-0.25, -0.2) is 0 Å². The fourth-order valence-electron chi connectivity index (χ4n) is 1.25. The van der Waals surface area contributed by atoms with Gasteiger partial charge in [0.2, 0.25) is 0 Å². The van der Waals surface area contributed by atoms with Gasteiger partial charge in [0.15, 0.2) is 0 Å². The van der Waals surface area contributed by atoms with Crippen molar-refractivity contribution < 1.29 is 0 Å². The molecule has 1 aliphatic rings. The Hall–Kier alpha value is -0.0100. The Balaban J connectivity index is 2.51. The normalized spacial score (nSPS) is 19.2. The second-order valence-corrected chi connectivity index (χ2v) is 3.07. The molecule has 1 rings (SSSR count). The highest BCUT2D eigenvalue weighted by Crippen LogP contribution is 2.20. The van der Waals surface area contributed by atoms with Crippen LogP contribution in [-0.4, -0.2) is 13.1 Å². The van der Waals surface area contributed by atoms with E-state index in [2.05, 4.69) is 12.2 Å². The van der Waals surface area contributed by atoms with Crippen LogP contribution in [0.4, 0.5) is 0 Å². The largest absolute Gasteiger partial charge is 0.316 e. The number of hydrogen-bond acceptors (Lipinski definition) is 1. The summed E-state index contributed by atoms with van der Waals surface area (Å²) in [6.07, 6.45) is 3.29. The van der Waals surface area contributed by atoms with Crippen molar-refractivity contribution in [2.45, 2.75) is 26.2 Å². The quantitative estimate of drug-likeness (QED) is 0.619. The summed E-state index contributed by atoms with van der Waals surface area (Å²) in [6.45, 7) is 4.31. The molecule has 0 unspecified atom stereocenters. The molecule has 1 nitrogen and oxygen atoms in total. The number of halogens is 1. The first-order valence-corrected chi connectivity index (χ1v) is 4.29. The second-order valence-electron chi connectivity index (χ2n) is 2.61. The van der Waals surface area contributed by atoms with Gasteiger partial charge in [0.05, 0.1) is 0 Å². The van der Waals surface area contributed by atoms with Crippen LogP contribution in [0.2, 0.25) is 0 Å². The van der Waals surface area contributed by atoms with Crippen LogP contribution in [0.1, 0.15) is 26.2 Å². The predicted octanol–water partition coefficient (Wildman–Crippen LogP) is 2.27. The number of allylic oxidation sites excluding steroid dienone is 1. The molecule has 0 aromatic carbocycles. The zero-order valence-corrected chi connectivity index (χ0v) is 7.17. The molecule has 1 N–H and O–H groups in total. The standard InChI is InChI=1S/C8H14ClN/c1-2-8(9)7-3-5-10-6-4-7/h10H,2-6H2,1H3. The van der Waals surface area contributed by atoms with E-state index >= 15 is 0 Å². The Labute approximate surface area is 67.5 Å². The van der Waals surface area contributed by atoms with E-state index in [1.54, 1.807) is 0 Å². The van der Waals surface area contributed by atoms with Crippen LogP contribution >= 0.6 is 11.6 Å². The van der Waals surface area contributed by atoms with Crippen molar-refractivity contribution >= 4 is 11.6 Å². The topological polar surface area (TPSA) is 12.0 Å². The third-order valence-corrected chi connectivity index (χ3v) is 2.44. The molecule has 1 saturated heterocycles. The number of rotatable bonds is 1. The maximum Gasteiger partial charge on any atom is 0.0171 e. The van der Waals surface area contributed by atoms with Gasteiger partial charge >= 0.3 is 0 Å². The Bertz CT molecular complexity index is 132. The summed E-state index contributed by atoms with van der Waals surface area (Å²) in [4.78, 5) is 0. The maximum atomic E-state index is 6.00. The molecule has 0 aromatic rings. The molecule has 58 valence electrons. The maximum absolute atomic E-state index is 6.00. The predicted molar refractivity (Wildman–Crippen MR) is 45.3 cm³/mol. The van der Waals surface area contributed by atoms with Crippen LogP contribution in [0.25, 0.3) is 0 Å². The zero-order valence-electron chi connectivity index (χ0n) is 6.41. The fourth-order valence-corrected chi connectivity index (χ4v) is 1.44. The van der Waals surface area contributed by atoms with Crippen molar-refractivity contribution in [3.63, 3.8) is 0 Å². The minimum Gasteiger partial charge on any atom is -0.316 e. The molecule has 0 amide bonds. The van der Waals surface area contributed by atoms with Gasteiger partial charge in [-0.1, -0.05) is 24.1 Å². The van der Waals surface area contributed by atoms with Gasteiger partial charge in [-0.05, 0) is 32.4 Å². The van der Waals surface area contributed by atoms with Crippen LogP contribution in [0.15, 0.2) is 10.6 Å². The van der Waals surface area contributed by atoms with Crippen molar-refractivity contribution in [1.82, 2.24) is 5.32 Å². The molecular formula is C8H14ClN. The van der Waals surface area contributed by atoms with Gasteiger partial charge in [0.25, 0.3) is 0 Å². The molecule has 0 spiro atoms. The lowest BCUT2D eigenvalue weighted by molar-refractivity contribution is 0.606. The van der Waals surface area contributed by atoms with Crippen molar-refractivity contribution in [2.24, 2.45) is 0 Å². The third kappa shape index (κ3) is 1.99. The minimum atomic E-state index is 0.997. The summed E-state index contributed by atoms with van der Waals surface area (Å²) >= 11 is 6.00. The van der Waals surface area contributed by atoms with Crippen LogP contribution in [0.5, 0.6) is 0 Å². The molecule has 0 bridgehead atoms. The molecule has 1 aliphatic heterocycles. The molecule has 2 heteroatoms. The molecule has 10 heavy (non-hydrogen) atoms. The summed E-state index contributed by atoms with van der Waals surface area (Å²) in [7, 11) is 0. The van der Waals surface area contributed by atoms with E-state index in [0.717, 1.165) is 37.4 Å². The molecule has 0 radical (unpaired) electrons. The van der Waals surface area contributed by atoms with Crippen molar-refractivity contribution in [2.75, 3.05) is 13.1 Å². The number of piperidine rings is 1. The average Bonchev–Trinajstić information content (AvgIpc) is 2.05. The minimum absolute atomic E-state index is 0.997.